The van der Waals surface area contributed by atoms with Crippen LogP contribution in [0, 0.1) is 5.92 Å². The maximum atomic E-state index is 13.4. The van der Waals surface area contributed by atoms with Crippen LogP contribution in [-0.2, 0) is 36.1 Å². The Bertz CT molecular complexity index is 2330. The van der Waals surface area contributed by atoms with Crippen molar-refractivity contribution in [3.63, 3.8) is 0 Å². The molecule has 3 unspecified atom stereocenters. The van der Waals surface area contributed by atoms with E-state index in [1.165, 1.54) is 0 Å². The second kappa shape index (κ2) is 16.3. The molecule has 2 bridgehead atoms. The second-order valence-electron chi connectivity index (χ2n) is 17.4. The number of carbonyl (C=O) groups is 5. The molecule has 3 aromatic rings. The highest BCUT2D eigenvalue weighted by Gasteiger charge is 2.47. The van der Waals surface area contributed by atoms with E-state index in [9.17, 15) is 28.8 Å². The van der Waals surface area contributed by atoms with Gasteiger partial charge in [0.05, 0.1) is 37.5 Å². The lowest BCUT2D eigenvalue weighted by atomic mass is 9.85. The Morgan fingerprint density at radius 1 is 0.852 bits per heavy atom. The number of anilines is 1. The fraction of sp³-hybridized carbons (Fsp3) is 0.511. The molecule has 5 fully saturated rings. The van der Waals surface area contributed by atoms with Crippen LogP contribution < -0.4 is 30.6 Å². The van der Waals surface area contributed by atoms with Gasteiger partial charge in [0.1, 0.15) is 17.5 Å². The number of methoxy groups -OCH3 is 2. The number of urea groups is 1. The summed E-state index contributed by atoms with van der Waals surface area (Å²) >= 11 is 0. The highest BCUT2D eigenvalue weighted by Crippen LogP contribution is 2.40. The number of nitrogens with zero attached hydrogens (tertiary/aromatic N) is 6. The Morgan fingerprint density at radius 3 is 2.23 bits per heavy atom. The Balaban J connectivity index is 0.791. The molecule has 2 aromatic carbocycles. The van der Waals surface area contributed by atoms with Crippen LogP contribution in [0.5, 0.6) is 11.5 Å². The number of hydrogen-bond donors (Lipinski definition) is 2. The molecule has 3 atom stereocenters. The van der Waals surface area contributed by atoms with Crippen LogP contribution >= 0.6 is 0 Å². The van der Waals surface area contributed by atoms with E-state index in [0.29, 0.717) is 54.2 Å². The average molecular weight is 835 g/mol. The first-order chi connectivity index (χ1) is 29.5. The number of nitrogens with one attached hydrogen (secondary N) is 2. The van der Waals surface area contributed by atoms with Crippen molar-refractivity contribution in [1.82, 2.24) is 34.8 Å². The number of hydrogen-bond acceptors (Lipinski definition) is 11. The normalized spacial score (nSPS) is 23.1. The summed E-state index contributed by atoms with van der Waals surface area (Å²) in [4.78, 5) is 86.5. The number of pyridine rings is 1. The van der Waals surface area contributed by atoms with Crippen LogP contribution in [0.4, 0.5) is 10.5 Å². The van der Waals surface area contributed by atoms with Crippen molar-refractivity contribution < 1.29 is 33.4 Å². The summed E-state index contributed by atoms with van der Waals surface area (Å²) in [5.41, 5.74) is 5.88. The lowest BCUT2D eigenvalue weighted by Crippen LogP contribution is -2.69. The van der Waals surface area contributed by atoms with E-state index in [1.807, 2.05) is 24.4 Å². The monoisotopic (exact) mass is 834 g/mol. The molecule has 0 radical (unpaired) electrons. The third-order valence-electron chi connectivity index (χ3n) is 14.0. The number of rotatable bonds is 10. The summed E-state index contributed by atoms with van der Waals surface area (Å²) in [5.74, 6) is 0.183. The van der Waals surface area contributed by atoms with Gasteiger partial charge in [0.2, 0.25) is 11.8 Å². The molecule has 10 rings (SSSR count). The van der Waals surface area contributed by atoms with Gasteiger partial charge in [0, 0.05) is 81.8 Å². The Labute approximate surface area is 354 Å². The van der Waals surface area contributed by atoms with Crippen LogP contribution in [0.1, 0.15) is 75.9 Å². The van der Waals surface area contributed by atoms with Crippen LogP contribution in [-0.4, -0.2) is 132 Å². The van der Waals surface area contributed by atoms with Gasteiger partial charge in [-0.3, -0.25) is 44.0 Å². The maximum absolute atomic E-state index is 13.4. The third-order valence-corrected chi connectivity index (χ3v) is 14.0. The molecule has 7 aliphatic heterocycles. The van der Waals surface area contributed by atoms with E-state index in [-0.39, 0.29) is 36.9 Å². The van der Waals surface area contributed by atoms with Gasteiger partial charge in [-0.25, -0.2) is 4.79 Å². The van der Waals surface area contributed by atoms with E-state index >= 15 is 0 Å². The number of imide groups is 2. The van der Waals surface area contributed by atoms with E-state index < -0.39 is 23.8 Å². The van der Waals surface area contributed by atoms with Gasteiger partial charge in [-0.2, -0.15) is 0 Å². The minimum Gasteiger partial charge on any atom is -0.496 e. The topological polar surface area (TPSA) is 166 Å². The molecule has 61 heavy (non-hydrogen) atoms. The predicted octanol–water partition coefficient (Wildman–Crippen LogP) is 2.73. The molecule has 322 valence electrons. The number of benzene rings is 2. The van der Waals surface area contributed by atoms with Crippen molar-refractivity contribution in [3.05, 3.63) is 74.7 Å². The quantitative estimate of drug-likeness (QED) is 0.289. The zero-order valence-electron chi connectivity index (χ0n) is 35.3. The minimum absolute atomic E-state index is 0.0937. The number of fused-ring (bicyclic) bond motifs is 4. The van der Waals surface area contributed by atoms with Gasteiger partial charge in [0.15, 0.2) is 0 Å². The number of amides is 6. The highest BCUT2D eigenvalue weighted by atomic mass is 16.5. The van der Waals surface area contributed by atoms with Gasteiger partial charge in [-0.1, -0.05) is 0 Å². The molecule has 2 N–H and O–H groups in total. The molecule has 6 amide bonds. The molecule has 0 aliphatic carbocycles. The number of piperazine rings is 1. The van der Waals surface area contributed by atoms with Gasteiger partial charge in [-0.15, -0.1) is 0 Å². The van der Waals surface area contributed by atoms with E-state index in [2.05, 4.69) is 25.3 Å². The van der Waals surface area contributed by atoms with Crippen LogP contribution in [0.25, 0.3) is 11.1 Å². The van der Waals surface area contributed by atoms with Gasteiger partial charge in [0.25, 0.3) is 17.4 Å². The Kier molecular flexibility index (Phi) is 10.8. The lowest BCUT2D eigenvalue weighted by molar-refractivity contribution is -0.136. The lowest BCUT2D eigenvalue weighted by Gasteiger charge is -2.57. The molecule has 8 heterocycles. The number of ether oxygens (including phenoxy) is 2. The zero-order chi connectivity index (χ0) is 42.7. The van der Waals surface area contributed by atoms with Gasteiger partial charge >= 0.3 is 6.03 Å². The predicted molar refractivity (Wildman–Crippen MR) is 226 cm³/mol. The second-order valence-corrected chi connectivity index (χ2v) is 17.4. The average Bonchev–Trinajstić information content (AvgIpc) is 3.52. The number of aromatic nitrogens is 1. The van der Waals surface area contributed by atoms with Crippen LogP contribution in [0.15, 0.2) is 41.3 Å². The van der Waals surface area contributed by atoms with Crippen molar-refractivity contribution in [2.75, 3.05) is 65.4 Å². The van der Waals surface area contributed by atoms with Crippen LogP contribution in [0.2, 0.25) is 0 Å². The molecule has 0 spiro atoms. The van der Waals surface area contributed by atoms with Crippen molar-refractivity contribution >= 4 is 35.3 Å². The number of piperidine rings is 3. The molecule has 16 heteroatoms. The van der Waals surface area contributed by atoms with Crippen molar-refractivity contribution in [2.45, 2.75) is 76.2 Å². The summed E-state index contributed by atoms with van der Waals surface area (Å²) in [7, 11) is 6.71. The fourth-order valence-electron chi connectivity index (χ4n) is 10.6. The first-order valence-corrected chi connectivity index (χ1v) is 21.5. The van der Waals surface area contributed by atoms with Crippen LogP contribution in [0.3, 0.4) is 0 Å². The van der Waals surface area contributed by atoms with Crippen molar-refractivity contribution in [3.8, 4) is 22.6 Å². The smallest absolute Gasteiger partial charge is 0.317 e. The van der Waals surface area contributed by atoms with Gasteiger partial charge in [-0.05, 0) is 106 Å². The Morgan fingerprint density at radius 2 is 1.56 bits per heavy atom. The first-order valence-electron chi connectivity index (χ1n) is 21.5. The molecule has 1 aromatic heterocycles. The SMILES string of the molecule is CNC(=O)N1CCc2c(-c3cc(OC)c(CN4CCC(CCN5C6CC5CN(c5ccc7c(c5)C(=O)N(C5CCC(=O)NC5=O)C7=O)C6)CC4)c(OC)c3)cn(C)c(=O)c2C1. The standard InChI is InChI=1S/C45H54N8O8/c1-46-45(59)50-15-12-31-34(23-48(2)42(56)35(31)25-50)27-17-38(60-3)36(39(18-27)61-4)24-49-13-9-26(10-14-49)11-16-52-29-19-30(52)22-51(21-29)28-5-6-32-33(20-28)44(58)53(43(32)57)37-7-8-40(54)47-41(37)55/h5-6,17-18,20,23,26,29-30,37H,7-16,19,21-22,24-25H2,1-4H3,(H,46,59)(H,47,54,55). The highest BCUT2D eigenvalue weighted by molar-refractivity contribution is 6.23. The van der Waals surface area contributed by atoms with Crippen molar-refractivity contribution in [1.29, 1.82) is 0 Å². The minimum atomic E-state index is -0.972. The number of aryl methyl sites for hydroxylation is 1. The summed E-state index contributed by atoms with van der Waals surface area (Å²) in [6, 6.07) is 9.21. The molecule has 0 saturated carbocycles. The molecular formula is C45H54N8O8. The molecule has 16 nitrogen and oxygen atoms in total. The Hall–Kier alpha value is -5.74. The molecule has 7 aliphatic rings. The largest absolute Gasteiger partial charge is 0.496 e. The van der Waals surface area contributed by atoms with E-state index in [1.54, 1.807) is 49.9 Å². The van der Waals surface area contributed by atoms with Crippen molar-refractivity contribution in [2.24, 2.45) is 13.0 Å². The number of likely N-dealkylation sites (tertiary alicyclic amines) is 1. The number of carbonyl (C=O) groups excluding carboxylic acids is 5. The fourth-order valence-corrected chi connectivity index (χ4v) is 10.6. The first kappa shape index (κ1) is 40.7. The summed E-state index contributed by atoms with van der Waals surface area (Å²) in [5, 5.41) is 4.93. The zero-order valence-corrected chi connectivity index (χ0v) is 35.3. The maximum Gasteiger partial charge on any atom is 0.317 e. The van der Waals surface area contributed by atoms with E-state index in [4.69, 9.17) is 9.47 Å². The third kappa shape index (κ3) is 7.32. The van der Waals surface area contributed by atoms with E-state index in [0.717, 1.165) is 103 Å². The summed E-state index contributed by atoms with van der Waals surface area (Å²) < 4.78 is 13.6. The summed E-state index contributed by atoms with van der Waals surface area (Å²) in [6.07, 6.45) is 7.23. The molecule has 5 saturated heterocycles. The molecular weight excluding hydrogens is 781 g/mol. The van der Waals surface area contributed by atoms with Gasteiger partial charge < -0.3 is 29.2 Å². The summed E-state index contributed by atoms with van der Waals surface area (Å²) in [6.45, 7) is 6.23.